The van der Waals surface area contributed by atoms with Crippen molar-refractivity contribution in [3.05, 3.63) is 58.1 Å². The first kappa shape index (κ1) is 10.1. The number of hydrogen-bond donors (Lipinski definition) is 1. The molecule has 0 atom stereocenters. The van der Waals surface area contributed by atoms with Gasteiger partial charge in [0.25, 0.3) is 0 Å². The maximum absolute atomic E-state index is 5.05. The third-order valence-electron chi connectivity index (χ3n) is 2.34. The molecule has 2 aromatic rings. The lowest BCUT2D eigenvalue weighted by Gasteiger charge is -2.04. The predicted molar refractivity (Wildman–Crippen MR) is 63.4 cm³/mol. The van der Waals surface area contributed by atoms with E-state index in [2.05, 4.69) is 29.0 Å². The Hall–Kier alpha value is -1.48. The van der Waals surface area contributed by atoms with E-state index < -0.39 is 0 Å². The third kappa shape index (κ3) is 2.50. The van der Waals surface area contributed by atoms with Gasteiger partial charge in [0.1, 0.15) is 10.5 Å². The molecule has 3 heteroatoms. The van der Waals surface area contributed by atoms with Gasteiger partial charge in [0.15, 0.2) is 0 Å². The van der Waals surface area contributed by atoms with Gasteiger partial charge in [-0.25, -0.2) is 4.98 Å². The molecule has 0 aliphatic heterocycles. The standard InChI is InChI=1S/C12H12N2S/c1-9-4-2-3-5-10(9)8-11-13-7-6-12(15)14-11/h2-7H,8H2,1H3,(H,13,14,15). The second-order valence-electron chi connectivity index (χ2n) is 3.48. The lowest BCUT2D eigenvalue weighted by molar-refractivity contribution is 0.953. The highest BCUT2D eigenvalue weighted by Gasteiger charge is 1.99. The molecular weight excluding hydrogens is 204 g/mol. The van der Waals surface area contributed by atoms with Gasteiger partial charge in [-0.1, -0.05) is 36.5 Å². The average Bonchev–Trinajstić information content (AvgIpc) is 2.22. The van der Waals surface area contributed by atoms with Crippen molar-refractivity contribution >= 4 is 12.2 Å². The zero-order valence-corrected chi connectivity index (χ0v) is 9.34. The Morgan fingerprint density at radius 3 is 2.80 bits per heavy atom. The number of H-pyrrole nitrogens is 1. The van der Waals surface area contributed by atoms with Gasteiger partial charge in [0.05, 0.1) is 0 Å². The van der Waals surface area contributed by atoms with Crippen molar-refractivity contribution < 1.29 is 0 Å². The number of aromatic nitrogens is 2. The van der Waals surface area contributed by atoms with E-state index in [1.54, 1.807) is 12.3 Å². The van der Waals surface area contributed by atoms with Gasteiger partial charge in [-0.05, 0) is 24.1 Å². The molecule has 1 aromatic carbocycles. The SMILES string of the molecule is Cc1ccccc1Cc1nccc(=S)[nH]1. The van der Waals surface area contributed by atoms with Crippen LogP contribution in [0, 0.1) is 11.6 Å². The van der Waals surface area contributed by atoms with Crippen LogP contribution in [-0.2, 0) is 6.42 Å². The lowest BCUT2D eigenvalue weighted by Crippen LogP contribution is -1.97. The van der Waals surface area contributed by atoms with Gasteiger partial charge in [0.2, 0.25) is 0 Å². The summed E-state index contributed by atoms with van der Waals surface area (Å²) in [5, 5.41) is 0. The molecule has 15 heavy (non-hydrogen) atoms. The summed E-state index contributed by atoms with van der Waals surface area (Å²) in [6.45, 7) is 2.10. The smallest absolute Gasteiger partial charge is 0.111 e. The van der Waals surface area contributed by atoms with Crippen LogP contribution in [0.2, 0.25) is 0 Å². The van der Waals surface area contributed by atoms with Gasteiger partial charge >= 0.3 is 0 Å². The first-order chi connectivity index (χ1) is 7.25. The van der Waals surface area contributed by atoms with Crippen LogP contribution < -0.4 is 0 Å². The molecule has 0 radical (unpaired) electrons. The van der Waals surface area contributed by atoms with Crippen molar-refractivity contribution in [1.29, 1.82) is 0 Å². The van der Waals surface area contributed by atoms with Gasteiger partial charge in [0, 0.05) is 12.6 Å². The maximum Gasteiger partial charge on any atom is 0.111 e. The van der Waals surface area contributed by atoms with Crippen LogP contribution in [0.5, 0.6) is 0 Å². The predicted octanol–water partition coefficient (Wildman–Crippen LogP) is 3.04. The van der Waals surface area contributed by atoms with Gasteiger partial charge < -0.3 is 4.98 Å². The van der Waals surface area contributed by atoms with Crippen LogP contribution in [-0.4, -0.2) is 9.97 Å². The van der Waals surface area contributed by atoms with Crippen LogP contribution in [0.15, 0.2) is 36.5 Å². The van der Waals surface area contributed by atoms with E-state index in [9.17, 15) is 0 Å². The second-order valence-corrected chi connectivity index (χ2v) is 3.92. The molecule has 0 spiro atoms. The van der Waals surface area contributed by atoms with E-state index in [0.717, 1.165) is 16.9 Å². The van der Waals surface area contributed by atoms with Crippen molar-refractivity contribution in [3.8, 4) is 0 Å². The molecule has 2 nitrogen and oxygen atoms in total. The molecule has 1 aromatic heterocycles. The topological polar surface area (TPSA) is 28.7 Å². The number of nitrogens with one attached hydrogen (secondary N) is 1. The van der Waals surface area contributed by atoms with Crippen molar-refractivity contribution in [3.63, 3.8) is 0 Å². The minimum atomic E-state index is 0.730. The summed E-state index contributed by atoms with van der Waals surface area (Å²) in [6, 6.07) is 10.1. The van der Waals surface area contributed by atoms with Crippen LogP contribution in [0.3, 0.4) is 0 Å². The molecule has 1 N–H and O–H groups in total. The third-order valence-corrected chi connectivity index (χ3v) is 2.58. The Bertz CT molecular complexity index is 517. The Balaban J connectivity index is 2.30. The number of benzene rings is 1. The van der Waals surface area contributed by atoms with E-state index in [4.69, 9.17) is 12.2 Å². The highest BCUT2D eigenvalue weighted by molar-refractivity contribution is 7.71. The van der Waals surface area contributed by atoms with E-state index in [1.807, 2.05) is 12.1 Å². The highest BCUT2D eigenvalue weighted by Crippen LogP contribution is 2.10. The summed E-state index contributed by atoms with van der Waals surface area (Å²) in [7, 11) is 0. The number of rotatable bonds is 2. The van der Waals surface area contributed by atoms with Gasteiger partial charge in [-0.15, -0.1) is 0 Å². The van der Waals surface area contributed by atoms with Crippen LogP contribution in [0.25, 0.3) is 0 Å². The van der Waals surface area contributed by atoms with Crippen molar-refractivity contribution in [1.82, 2.24) is 9.97 Å². The monoisotopic (exact) mass is 216 g/mol. The molecule has 0 bridgehead atoms. The summed E-state index contributed by atoms with van der Waals surface area (Å²) in [5.41, 5.74) is 2.56. The van der Waals surface area contributed by atoms with Crippen LogP contribution in [0.4, 0.5) is 0 Å². The summed E-state index contributed by atoms with van der Waals surface area (Å²) in [6.07, 6.45) is 2.55. The molecule has 0 amide bonds. The normalized spacial score (nSPS) is 10.2. The second kappa shape index (κ2) is 4.36. The minimum absolute atomic E-state index is 0.730. The zero-order valence-electron chi connectivity index (χ0n) is 8.53. The fraction of sp³-hybridized carbons (Fsp3) is 0.167. The van der Waals surface area contributed by atoms with Crippen molar-refractivity contribution in [2.45, 2.75) is 13.3 Å². The lowest BCUT2D eigenvalue weighted by atomic mass is 10.1. The molecule has 0 aliphatic rings. The molecule has 0 saturated heterocycles. The highest BCUT2D eigenvalue weighted by atomic mass is 32.1. The summed E-state index contributed by atoms with van der Waals surface area (Å²) < 4.78 is 0.730. The average molecular weight is 216 g/mol. The van der Waals surface area contributed by atoms with E-state index in [1.165, 1.54) is 11.1 Å². The number of aryl methyl sites for hydroxylation is 1. The van der Waals surface area contributed by atoms with E-state index >= 15 is 0 Å². The fourth-order valence-corrected chi connectivity index (χ4v) is 1.67. The molecule has 0 unspecified atom stereocenters. The number of aromatic amines is 1. The molecule has 0 saturated carbocycles. The Morgan fingerprint density at radius 2 is 2.07 bits per heavy atom. The molecule has 0 fully saturated rings. The zero-order chi connectivity index (χ0) is 10.7. The Kier molecular flexibility index (Phi) is 2.92. The number of nitrogens with zero attached hydrogens (tertiary/aromatic N) is 1. The summed E-state index contributed by atoms with van der Waals surface area (Å²) >= 11 is 5.05. The van der Waals surface area contributed by atoms with E-state index in [-0.39, 0.29) is 0 Å². The molecule has 2 rings (SSSR count). The summed E-state index contributed by atoms with van der Waals surface area (Å²) in [5.74, 6) is 0.914. The molecule has 76 valence electrons. The first-order valence-corrected chi connectivity index (χ1v) is 5.25. The van der Waals surface area contributed by atoms with Crippen LogP contribution >= 0.6 is 12.2 Å². The van der Waals surface area contributed by atoms with Gasteiger partial charge in [-0.3, -0.25) is 0 Å². The van der Waals surface area contributed by atoms with E-state index in [0.29, 0.717) is 0 Å². The molecule has 1 heterocycles. The van der Waals surface area contributed by atoms with Crippen molar-refractivity contribution in [2.75, 3.05) is 0 Å². The maximum atomic E-state index is 5.05. The molecule has 0 aliphatic carbocycles. The van der Waals surface area contributed by atoms with Gasteiger partial charge in [-0.2, -0.15) is 0 Å². The largest absolute Gasteiger partial charge is 0.335 e. The first-order valence-electron chi connectivity index (χ1n) is 4.84. The quantitative estimate of drug-likeness (QED) is 0.782. The number of hydrogen-bond acceptors (Lipinski definition) is 2. The summed E-state index contributed by atoms with van der Waals surface area (Å²) in [4.78, 5) is 7.34. The Morgan fingerprint density at radius 1 is 1.27 bits per heavy atom. The fourth-order valence-electron chi connectivity index (χ4n) is 1.49. The van der Waals surface area contributed by atoms with Crippen LogP contribution in [0.1, 0.15) is 17.0 Å². The Labute approximate surface area is 94.0 Å². The van der Waals surface area contributed by atoms with Crippen molar-refractivity contribution in [2.24, 2.45) is 0 Å². The molecular formula is C12H12N2S. The minimum Gasteiger partial charge on any atom is -0.335 e.